The van der Waals surface area contributed by atoms with Crippen LogP contribution in [0.4, 0.5) is 11.4 Å². The highest BCUT2D eigenvalue weighted by Gasteiger charge is 2.12. The lowest BCUT2D eigenvalue weighted by Gasteiger charge is -2.28. The Bertz CT molecular complexity index is 829. The van der Waals surface area contributed by atoms with Crippen molar-refractivity contribution in [3.05, 3.63) is 64.7 Å². The molecule has 132 valence electrons. The zero-order valence-electron chi connectivity index (χ0n) is 14.4. The van der Waals surface area contributed by atoms with E-state index in [-0.39, 0.29) is 5.57 Å². The van der Waals surface area contributed by atoms with Crippen molar-refractivity contribution >= 4 is 35.0 Å². The van der Waals surface area contributed by atoms with E-state index in [9.17, 15) is 10.1 Å². The number of benzene rings is 2. The van der Waals surface area contributed by atoms with Gasteiger partial charge in [0.25, 0.3) is 5.91 Å². The fourth-order valence-electron chi connectivity index (χ4n) is 2.98. The van der Waals surface area contributed by atoms with E-state index in [0.717, 1.165) is 18.7 Å². The molecule has 1 saturated heterocycles. The summed E-state index contributed by atoms with van der Waals surface area (Å²) in [7, 11) is 0. The van der Waals surface area contributed by atoms with Gasteiger partial charge in [-0.2, -0.15) is 5.26 Å². The van der Waals surface area contributed by atoms with E-state index < -0.39 is 5.91 Å². The smallest absolute Gasteiger partial charge is 0.266 e. The first-order valence-corrected chi connectivity index (χ1v) is 9.07. The third-order valence-electron chi connectivity index (χ3n) is 4.39. The predicted octanol–water partition coefficient (Wildman–Crippen LogP) is 4.88. The summed E-state index contributed by atoms with van der Waals surface area (Å²) >= 11 is 5.83. The van der Waals surface area contributed by atoms with Gasteiger partial charge in [-0.15, -0.1) is 0 Å². The Morgan fingerprint density at radius 2 is 1.69 bits per heavy atom. The van der Waals surface area contributed by atoms with E-state index in [1.165, 1.54) is 24.9 Å². The molecule has 1 aliphatic rings. The molecule has 1 amide bonds. The van der Waals surface area contributed by atoms with Gasteiger partial charge in [-0.25, -0.2) is 0 Å². The number of halogens is 1. The van der Waals surface area contributed by atoms with Gasteiger partial charge in [0.05, 0.1) is 0 Å². The molecule has 0 saturated carbocycles. The van der Waals surface area contributed by atoms with Gasteiger partial charge in [0.2, 0.25) is 0 Å². The standard InChI is InChI=1S/C21H20ClN3O/c22-18-6-8-19(9-7-18)24-21(26)17(15-23)14-16-4-10-20(11-5-16)25-12-2-1-3-13-25/h4-11,14H,1-3,12-13H2,(H,24,26)/b17-14-. The molecular formula is C21H20ClN3O. The van der Waals surface area contributed by atoms with Gasteiger partial charge in [0.1, 0.15) is 11.6 Å². The number of carbonyl (C=O) groups is 1. The van der Waals surface area contributed by atoms with E-state index in [1.807, 2.05) is 30.3 Å². The molecular weight excluding hydrogens is 346 g/mol. The molecule has 5 heteroatoms. The predicted molar refractivity (Wildman–Crippen MR) is 106 cm³/mol. The number of hydrogen-bond acceptors (Lipinski definition) is 3. The molecule has 0 bridgehead atoms. The molecule has 0 radical (unpaired) electrons. The molecule has 0 atom stereocenters. The lowest BCUT2D eigenvalue weighted by Crippen LogP contribution is -2.29. The highest BCUT2D eigenvalue weighted by atomic mass is 35.5. The molecule has 1 aliphatic heterocycles. The highest BCUT2D eigenvalue weighted by molar-refractivity contribution is 6.30. The van der Waals surface area contributed by atoms with Crippen LogP contribution in [-0.2, 0) is 4.79 Å². The molecule has 4 nitrogen and oxygen atoms in total. The number of amides is 1. The molecule has 0 aliphatic carbocycles. The Hall–Kier alpha value is -2.77. The largest absolute Gasteiger partial charge is 0.372 e. The zero-order valence-corrected chi connectivity index (χ0v) is 15.2. The summed E-state index contributed by atoms with van der Waals surface area (Å²) in [5.41, 5.74) is 2.67. The summed E-state index contributed by atoms with van der Waals surface area (Å²) in [5, 5.41) is 12.6. The average Bonchev–Trinajstić information content (AvgIpc) is 2.69. The fraction of sp³-hybridized carbons (Fsp3) is 0.238. The van der Waals surface area contributed by atoms with Gasteiger partial charge in [0.15, 0.2) is 0 Å². The second kappa shape index (κ2) is 8.55. The lowest BCUT2D eigenvalue weighted by atomic mass is 10.1. The van der Waals surface area contributed by atoms with Gasteiger partial charge in [0, 0.05) is 29.5 Å². The number of nitrogens with one attached hydrogen (secondary N) is 1. The van der Waals surface area contributed by atoms with E-state index in [2.05, 4.69) is 10.2 Å². The van der Waals surface area contributed by atoms with Crippen molar-refractivity contribution < 1.29 is 4.79 Å². The number of rotatable bonds is 4. The first kappa shape index (κ1) is 18.0. The van der Waals surface area contributed by atoms with Crippen LogP contribution in [0.15, 0.2) is 54.1 Å². The van der Waals surface area contributed by atoms with E-state index >= 15 is 0 Å². The Labute approximate surface area is 158 Å². The summed E-state index contributed by atoms with van der Waals surface area (Å²) in [4.78, 5) is 14.7. The minimum absolute atomic E-state index is 0.0608. The molecule has 26 heavy (non-hydrogen) atoms. The van der Waals surface area contributed by atoms with Crippen LogP contribution in [-0.4, -0.2) is 19.0 Å². The number of carbonyl (C=O) groups excluding carboxylic acids is 1. The van der Waals surface area contributed by atoms with Gasteiger partial charge in [-0.05, 0) is 67.3 Å². The first-order valence-electron chi connectivity index (χ1n) is 8.69. The number of anilines is 2. The van der Waals surface area contributed by atoms with Crippen molar-refractivity contribution in [2.24, 2.45) is 0 Å². The monoisotopic (exact) mass is 365 g/mol. The minimum Gasteiger partial charge on any atom is -0.372 e. The summed E-state index contributed by atoms with van der Waals surface area (Å²) in [6.45, 7) is 2.17. The minimum atomic E-state index is -0.435. The molecule has 2 aromatic rings. The van der Waals surface area contributed by atoms with Crippen LogP contribution in [0.5, 0.6) is 0 Å². The van der Waals surface area contributed by atoms with Crippen LogP contribution in [0.25, 0.3) is 6.08 Å². The Morgan fingerprint density at radius 1 is 1.04 bits per heavy atom. The van der Waals surface area contributed by atoms with Gasteiger partial charge >= 0.3 is 0 Å². The van der Waals surface area contributed by atoms with Gasteiger partial charge < -0.3 is 10.2 Å². The number of nitrogens with zero attached hydrogens (tertiary/aromatic N) is 2. The van der Waals surface area contributed by atoms with Gasteiger partial charge in [-0.3, -0.25) is 4.79 Å². The molecule has 0 spiro atoms. The van der Waals surface area contributed by atoms with Crippen LogP contribution in [0.2, 0.25) is 5.02 Å². The highest BCUT2D eigenvalue weighted by Crippen LogP contribution is 2.21. The summed E-state index contributed by atoms with van der Waals surface area (Å²) in [6, 6.07) is 16.7. The lowest BCUT2D eigenvalue weighted by molar-refractivity contribution is -0.112. The topological polar surface area (TPSA) is 56.1 Å². The summed E-state index contributed by atoms with van der Waals surface area (Å²) in [6.07, 6.45) is 5.35. The zero-order chi connectivity index (χ0) is 18.4. The molecule has 1 fully saturated rings. The first-order chi connectivity index (χ1) is 12.7. The molecule has 3 rings (SSSR count). The Morgan fingerprint density at radius 3 is 2.31 bits per heavy atom. The number of hydrogen-bond donors (Lipinski definition) is 1. The second-order valence-corrected chi connectivity index (χ2v) is 6.71. The summed E-state index contributed by atoms with van der Waals surface area (Å²) in [5.74, 6) is -0.435. The van der Waals surface area contributed by atoms with Crippen LogP contribution in [0.3, 0.4) is 0 Å². The van der Waals surface area contributed by atoms with Crippen molar-refractivity contribution in [2.45, 2.75) is 19.3 Å². The molecule has 1 N–H and O–H groups in total. The van der Waals surface area contributed by atoms with E-state index in [1.54, 1.807) is 30.3 Å². The van der Waals surface area contributed by atoms with Crippen molar-refractivity contribution in [1.82, 2.24) is 0 Å². The average molecular weight is 366 g/mol. The van der Waals surface area contributed by atoms with E-state index in [0.29, 0.717) is 10.7 Å². The summed E-state index contributed by atoms with van der Waals surface area (Å²) < 4.78 is 0. The molecule has 2 aromatic carbocycles. The van der Waals surface area contributed by atoms with Crippen LogP contribution in [0.1, 0.15) is 24.8 Å². The normalized spacial score (nSPS) is 14.6. The Kier molecular flexibility index (Phi) is 5.93. The SMILES string of the molecule is N#C/C(=C/c1ccc(N2CCCCC2)cc1)C(=O)Nc1ccc(Cl)cc1. The third kappa shape index (κ3) is 4.65. The van der Waals surface area contributed by atoms with Gasteiger partial charge in [-0.1, -0.05) is 23.7 Å². The fourth-order valence-corrected chi connectivity index (χ4v) is 3.11. The van der Waals surface area contributed by atoms with Crippen LogP contribution < -0.4 is 10.2 Å². The van der Waals surface area contributed by atoms with Crippen molar-refractivity contribution in [2.75, 3.05) is 23.3 Å². The quantitative estimate of drug-likeness (QED) is 0.620. The maximum Gasteiger partial charge on any atom is 0.266 e. The number of piperidine rings is 1. The molecule has 0 aromatic heterocycles. The third-order valence-corrected chi connectivity index (χ3v) is 4.64. The van der Waals surface area contributed by atoms with Crippen molar-refractivity contribution in [1.29, 1.82) is 5.26 Å². The molecule has 1 heterocycles. The van der Waals surface area contributed by atoms with Crippen molar-refractivity contribution in [3.63, 3.8) is 0 Å². The van der Waals surface area contributed by atoms with Crippen molar-refractivity contribution in [3.8, 4) is 6.07 Å². The second-order valence-electron chi connectivity index (χ2n) is 6.27. The maximum atomic E-state index is 12.3. The molecule has 0 unspecified atom stereocenters. The van der Waals surface area contributed by atoms with Crippen LogP contribution in [0, 0.1) is 11.3 Å². The maximum absolute atomic E-state index is 12.3. The van der Waals surface area contributed by atoms with Crippen LogP contribution >= 0.6 is 11.6 Å². The number of nitriles is 1. The Balaban J connectivity index is 1.70. The van der Waals surface area contributed by atoms with E-state index in [4.69, 9.17) is 11.6 Å².